The summed E-state index contributed by atoms with van der Waals surface area (Å²) in [5, 5.41) is 11.1. The fourth-order valence-corrected chi connectivity index (χ4v) is 5.36. The molecule has 6 atom stereocenters. The molecule has 2 aromatic rings. The molecule has 1 aliphatic carbocycles. The topological polar surface area (TPSA) is 72.3 Å². The van der Waals surface area contributed by atoms with E-state index in [-0.39, 0.29) is 23.9 Å². The standard InChI is InChI=1S/C24H28N2O3/c1-4-20-15(2)12-24(28)22(16(3)29-23(24)27)21(20)10-9-19-8-7-18(14-26-19)17-6-5-11-25-13-17/h5-11,13-16,20-22,28H,4,12H2,1-3H3/b10-9+/t15-,16+,20+,21-,22-,24-/m0/s1. The first-order valence-corrected chi connectivity index (χ1v) is 10.4. The zero-order valence-corrected chi connectivity index (χ0v) is 17.2. The molecule has 0 aromatic carbocycles. The fourth-order valence-electron chi connectivity index (χ4n) is 5.36. The van der Waals surface area contributed by atoms with E-state index in [0.717, 1.165) is 23.2 Å². The number of pyridine rings is 2. The van der Waals surface area contributed by atoms with Gasteiger partial charge in [0.15, 0.2) is 5.60 Å². The van der Waals surface area contributed by atoms with Crippen LogP contribution in [0.2, 0.25) is 0 Å². The minimum absolute atomic E-state index is 0.0648. The van der Waals surface area contributed by atoms with Crippen LogP contribution in [-0.2, 0) is 9.53 Å². The summed E-state index contributed by atoms with van der Waals surface area (Å²) in [5.41, 5.74) is 1.53. The SMILES string of the molecule is CC[C@H]1[C@H](/C=C/c2ccc(-c3cccnc3)cn2)[C@@H]2[C@@H](C)OC(=O)[C@]2(O)C[C@@H]1C. The van der Waals surface area contributed by atoms with Gasteiger partial charge in [0, 0.05) is 35.6 Å². The van der Waals surface area contributed by atoms with Crippen LogP contribution < -0.4 is 0 Å². The van der Waals surface area contributed by atoms with Crippen molar-refractivity contribution in [2.45, 2.75) is 45.3 Å². The molecule has 5 heteroatoms. The summed E-state index contributed by atoms with van der Waals surface area (Å²) in [7, 11) is 0. The van der Waals surface area contributed by atoms with Crippen LogP contribution in [0.3, 0.4) is 0 Å². The number of hydrogen-bond donors (Lipinski definition) is 1. The van der Waals surface area contributed by atoms with Crippen LogP contribution >= 0.6 is 0 Å². The average molecular weight is 392 g/mol. The normalized spacial score (nSPS) is 34.2. The van der Waals surface area contributed by atoms with Crippen LogP contribution in [0.15, 0.2) is 48.9 Å². The van der Waals surface area contributed by atoms with Gasteiger partial charge in [0.2, 0.25) is 0 Å². The lowest BCUT2D eigenvalue weighted by Crippen LogP contribution is -2.53. The lowest BCUT2D eigenvalue weighted by Gasteiger charge is -2.45. The van der Waals surface area contributed by atoms with Gasteiger partial charge in [0.1, 0.15) is 6.10 Å². The molecule has 1 aliphatic heterocycles. The van der Waals surface area contributed by atoms with Gasteiger partial charge in [0.25, 0.3) is 0 Å². The number of aromatic nitrogens is 2. The molecule has 0 amide bonds. The van der Waals surface area contributed by atoms with Gasteiger partial charge in [-0.2, -0.15) is 0 Å². The van der Waals surface area contributed by atoms with Crippen molar-refractivity contribution in [2.75, 3.05) is 0 Å². The predicted octanol–water partition coefficient (Wildman–Crippen LogP) is 4.13. The number of cyclic esters (lactones) is 1. The van der Waals surface area contributed by atoms with Gasteiger partial charge in [-0.15, -0.1) is 0 Å². The van der Waals surface area contributed by atoms with Crippen molar-refractivity contribution < 1.29 is 14.6 Å². The van der Waals surface area contributed by atoms with Crippen LogP contribution in [-0.4, -0.2) is 32.7 Å². The molecular formula is C24H28N2O3. The van der Waals surface area contributed by atoms with Gasteiger partial charge in [-0.3, -0.25) is 9.97 Å². The second-order valence-electron chi connectivity index (χ2n) is 8.46. The van der Waals surface area contributed by atoms with E-state index in [4.69, 9.17) is 4.74 Å². The van der Waals surface area contributed by atoms with Gasteiger partial charge in [0.05, 0.1) is 5.69 Å². The Morgan fingerprint density at radius 1 is 1.24 bits per heavy atom. The Labute approximate surface area is 171 Å². The Balaban J connectivity index is 1.60. The third-order valence-corrected chi connectivity index (χ3v) is 6.72. The largest absolute Gasteiger partial charge is 0.460 e. The van der Waals surface area contributed by atoms with E-state index in [0.29, 0.717) is 12.3 Å². The highest BCUT2D eigenvalue weighted by Crippen LogP contribution is 2.52. The van der Waals surface area contributed by atoms with Crippen LogP contribution in [0.4, 0.5) is 0 Å². The highest BCUT2D eigenvalue weighted by atomic mass is 16.6. The molecule has 2 aromatic heterocycles. The maximum Gasteiger partial charge on any atom is 0.338 e. The molecule has 2 aliphatic rings. The molecule has 0 radical (unpaired) electrons. The van der Waals surface area contributed by atoms with E-state index in [2.05, 4.69) is 29.9 Å². The molecule has 1 N–H and O–H groups in total. The molecule has 0 unspecified atom stereocenters. The first-order chi connectivity index (χ1) is 13.9. The second kappa shape index (κ2) is 7.71. The third kappa shape index (κ3) is 3.48. The molecule has 3 heterocycles. The molecule has 1 saturated carbocycles. The maximum atomic E-state index is 12.4. The third-order valence-electron chi connectivity index (χ3n) is 6.72. The summed E-state index contributed by atoms with van der Waals surface area (Å²) < 4.78 is 5.46. The Morgan fingerprint density at radius 2 is 2.03 bits per heavy atom. The minimum Gasteiger partial charge on any atom is -0.460 e. The number of aliphatic hydroxyl groups is 1. The van der Waals surface area contributed by atoms with Crippen LogP contribution in [0.5, 0.6) is 0 Å². The molecule has 4 rings (SSSR count). The molecule has 29 heavy (non-hydrogen) atoms. The van der Waals surface area contributed by atoms with Gasteiger partial charge >= 0.3 is 5.97 Å². The Hall–Kier alpha value is -2.53. The summed E-state index contributed by atoms with van der Waals surface area (Å²) in [5.74, 6) is 0.0172. The molecule has 152 valence electrons. The predicted molar refractivity (Wildman–Crippen MR) is 112 cm³/mol. The van der Waals surface area contributed by atoms with E-state index in [9.17, 15) is 9.90 Å². The van der Waals surface area contributed by atoms with Crippen molar-refractivity contribution in [2.24, 2.45) is 23.7 Å². The van der Waals surface area contributed by atoms with Crippen molar-refractivity contribution in [1.82, 2.24) is 9.97 Å². The summed E-state index contributed by atoms with van der Waals surface area (Å²) >= 11 is 0. The Bertz CT molecular complexity index is 896. The van der Waals surface area contributed by atoms with Crippen molar-refractivity contribution >= 4 is 12.0 Å². The number of nitrogens with zero attached hydrogens (tertiary/aromatic N) is 2. The van der Waals surface area contributed by atoms with E-state index in [1.165, 1.54) is 0 Å². The summed E-state index contributed by atoms with van der Waals surface area (Å²) in [6.45, 7) is 6.20. The number of carbonyl (C=O) groups excluding carboxylic acids is 1. The smallest absolute Gasteiger partial charge is 0.338 e. The Morgan fingerprint density at radius 3 is 2.69 bits per heavy atom. The first-order valence-electron chi connectivity index (χ1n) is 10.4. The van der Waals surface area contributed by atoms with E-state index < -0.39 is 11.6 Å². The molecule has 0 spiro atoms. The van der Waals surface area contributed by atoms with E-state index in [1.54, 1.807) is 6.20 Å². The van der Waals surface area contributed by atoms with Gasteiger partial charge in [-0.1, -0.05) is 38.5 Å². The summed E-state index contributed by atoms with van der Waals surface area (Å²) in [6.07, 6.45) is 10.7. The van der Waals surface area contributed by atoms with Crippen molar-refractivity contribution in [3.05, 3.63) is 54.6 Å². The molecule has 0 bridgehead atoms. The lowest BCUT2D eigenvalue weighted by atomic mass is 9.59. The lowest BCUT2D eigenvalue weighted by molar-refractivity contribution is -0.160. The monoisotopic (exact) mass is 392 g/mol. The highest BCUT2D eigenvalue weighted by molar-refractivity contribution is 5.82. The maximum absolute atomic E-state index is 12.4. The van der Waals surface area contributed by atoms with E-state index >= 15 is 0 Å². The molecule has 1 saturated heterocycles. The van der Waals surface area contributed by atoms with Gasteiger partial charge in [-0.25, -0.2) is 4.79 Å². The number of fused-ring (bicyclic) bond motifs is 1. The summed E-state index contributed by atoms with van der Waals surface area (Å²) in [4.78, 5) is 21.1. The number of ether oxygens (including phenoxy) is 1. The zero-order valence-electron chi connectivity index (χ0n) is 17.2. The number of hydrogen-bond acceptors (Lipinski definition) is 5. The molecule has 2 fully saturated rings. The zero-order chi connectivity index (χ0) is 20.6. The number of rotatable bonds is 4. The average Bonchev–Trinajstić information content (AvgIpc) is 2.95. The fraction of sp³-hybridized carbons (Fsp3) is 0.458. The van der Waals surface area contributed by atoms with Gasteiger partial charge < -0.3 is 9.84 Å². The number of esters is 1. The molecular weight excluding hydrogens is 364 g/mol. The quantitative estimate of drug-likeness (QED) is 0.792. The van der Waals surface area contributed by atoms with Crippen LogP contribution in [0, 0.1) is 23.7 Å². The van der Waals surface area contributed by atoms with Crippen LogP contribution in [0.25, 0.3) is 17.2 Å². The molecule has 5 nitrogen and oxygen atoms in total. The summed E-state index contributed by atoms with van der Waals surface area (Å²) in [6, 6.07) is 7.93. The highest BCUT2D eigenvalue weighted by Gasteiger charge is 2.62. The number of carbonyl (C=O) groups is 1. The van der Waals surface area contributed by atoms with Crippen molar-refractivity contribution in [3.63, 3.8) is 0 Å². The van der Waals surface area contributed by atoms with Crippen molar-refractivity contribution in [1.29, 1.82) is 0 Å². The van der Waals surface area contributed by atoms with Crippen molar-refractivity contribution in [3.8, 4) is 11.1 Å². The van der Waals surface area contributed by atoms with Gasteiger partial charge in [-0.05, 0) is 49.3 Å². The Kier molecular flexibility index (Phi) is 5.26. The van der Waals surface area contributed by atoms with E-state index in [1.807, 2.05) is 49.7 Å². The minimum atomic E-state index is -1.38. The first kappa shape index (κ1) is 19.8. The van der Waals surface area contributed by atoms with Crippen LogP contribution in [0.1, 0.15) is 39.3 Å². The second-order valence-corrected chi connectivity index (χ2v) is 8.46. The number of allylic oxidation sites excluding steroid dienone is 1.